The number of furan rings is 1. The van der Waals surface area contributed by atoms with E-state index in [9.17, 15) is 4.79 Å². The quantitative estimate of drug-likeness (QED) is 0.490. The summed E-state index contributed by atoms with van der Waals surface area (Å²) in [7, 11) is 0. The molecule has 1 heterocycles. The van der Waals surface area contributed by atoms with Crippen LogP contribution in [0.2, 0.25) is 0 Å². The number of amides is 1. The smallest absolute Gasteiger partial charge is 0.252 e. The lowest BCUT2D eigenvalue weighted by atomic mass is 10.0. The van der Waals surface area contributed by atoms with E-state index in [-0.39, 0.29) is 5.91 Å². The van der Waals surface area contributed by atoms with Crippen LogP contribution in [0, 0.1) is 6.92 Å². The average molecular weight is 345 g/mol. The number of benzene rings is 2. The van der Waals surface area contributed by atoms with Gasteiger partial charge >= 0.3 is 0 Å². The molecule has 3 aromatic rings. The van der Waals surface area contributed by atoms with Crippen LogP contribution in [-0.4, -0.2) is 12.5 Å². The summed E-state index contributed by atoms with van der Waals surface area (Å²) in [5.41, 5.74) is 4.05. The van der Waals surface area contributed by atoms with Crippen LogP contribution in [0.3, 0.4) is 0 Å². The highest BCUT2D eigenvalue weighted by Crippen LogP contribution is 2.19. The van der Waals surface area contributed by atoms with Crippen LogP contribution in [0.5, 0.6) is 0 Å². The zero-order valence-electron chi connectivity index (χ0n) is 14.9. The Labute approximate surface area is 154 Å². The summed E-state index contributed by atoms with van der Waals surface area (Å²) < 4.78 is 5.37. The van der Waals surface area contributed by atoms with Gasteiger partial charge in [0.05, 0.1) is 11.8 Å². The second-order valence-corrected chi connectivity index (χ2v) is 6.29. The number of carbonyl (C=O) groups excluding carboxylic acids is 1. The average Bonchev–Trinajstić information content (AvgIpc) is 3.17. The Balaban J connectivity index is 1.63. The Morgan fingerprint density at radius 2 is 1.88 bits per heavy atom. The summed E-state index contributed by atoms with van der Waals surface area (Å²) in [6, 6.07) is 21.8. The number of hydrogen-bond acceptors (Lipinski definition) is 2. The lowest BCUT2D eigenvalue weighted by molar-refractivity contribution is -0.115. The van der Waals surface area contributed by atoms with E-state index in [0.29, 0.717) is 17.9 Å². The number of nitrogens with one attached hydrogen (secondary N) is 1. The molecule has 1 aromatic heterocycles. The Bertz CT molecular complexity index is 864. The molecule has 0 radical (unpaired) electrons. The highest BCUT2D eigenvalue weighted by atomic mass is 16.3. The topological polar surface area (TPSA) is 42.2 Å². The Kier molecular flexibility index (Phi) is 6.05. The molecule has 3 rings (SSSR count). The first-order valence-electron chi connectivity index (χ1n) is 8.87. The first-order valence-corrected chi connectivity index (χ1v) is 8.87. The van der Waals surface area contributed by atoms with Crippen molar-refractivity contribution in [1.82, 2.24) is 5.32 Å². The molecule has 1 amide bonds. The molecular weight excluding hydrogens is 322 g/mol. The van der Waals surface area contributed by atoms with Crippen molar-refractivity contribution >= 4 is 17.6 Å². The van der Waals surface area contributed by atoms with Gasteiger partial charge in [-0.15, -0.1) is 0 Å². The first kappa shape index (κ1) is 17.7. The molecule has 0 aliphatic carbocycles. The van der Waals surface area contributed by atoms with Gasteiger partial charge in [-0.3, -0.25) is 4.79 Å². The minimum Gasteiger partial charge on any atom is -0.465 e. The van der Waals surface area contributed by atoms with Crippen LogP contribution in [-0.2, 0) is 11.2 Å². The summed E-state index contributed by atoms with van der Waals surface area (Å²) in [6.45, 7) is 2.73. The fourth-order valence-corrected chi connectivity index (χ4v) is 2.87. The number of rotatable bonds is 7. The van der Waals surface area contributed by atoms with Gasteiger partial charge in [0.25, 0.3) is 5.91 Å². The maximum absolute atomic E-state index is 12.7. The molecule has 3 nitrogen and oxygen atoms in total. The molecular formula is C23H23NO2. The highest BCUT2D eigenvalue weighted by molar-refractivity contribution is 6.24. The van der Waals surface area contributed by atoms with E-state index >= 15 is 0 Å². The summed E-state index contributed by atoms with van der Waals surface area (Å²) in [4.78, 5) is 12.7. The molecule has 0 aliphatic rings. The zero-order chi connectivity index (χ0) is 18.2. The Morgan fingerprint density at radius 3 is 2.62 bits per heavy atom. The van der Waals surface area contributed by atoms with Gasteiger partial charge in [0.1, 0.15) is 5.76 Å². The summed E-state index contributed by atoms with van der Waals surface area (Å²) in [6.07, 6.45) is 5.24. The van der Waals surface area contributed by atoms with Crippen LogP contribution in [0.4, 0.5) is 0 Å². The van der Waals surface area contributed by atoms with Gasteiger partial charge in [0.2, 0.25) is 0 Å². The first-order chi connectivity index (χ1) is 12.7. The van der Waals surface area contributed by atoms with Crippen LogP contribution in [0.25, 0.3) is 11.6 Å². The molecule has 0 aliphatic heterocycles. The fraction of sp³-hybridized carbons (Fsp3) is 0.174. The van der Waals surface area contributed by atoms with Gasteiger partial charge < -0.3 is 9.73 Å². The van der Waals surface area contributed by atoms with Crippen molar-refractivity contribution < 1.29 is 9.21 Å². The van der Waals surface area contributed by atoms with E-state index in [0.717, 1.165) is 18.4 Å². The molecule has 0 bridgehead atoms. The van der Waals surface area contributed by atoms with Crippen molar-refractivity contribution in [2.45, 2.75) is 19.8 Å². The second kappa shape index (κ2) is 8.86. The molecule has 132 valence electrons. The molecule has 0 saturated heterocycles. The van der Waals surface area contributed by atoms with Gasteiger partial charge in [-0.05, 0) is 49.1 Å². The van der Waals surface area contributed by atoms with Crippen molar-refractivity contribution in [3.8, 4) is 0 Å². The molecule has 0 spiro atoms. The monoisotopic (exact) mass is 345 g/mol. The summed E-state index contributed by atoms with van der Waals surface area (Å²) in [5.74, 6) is 0.579. The predicted molar refractivity (Wildman–Crippen MR) is 106 cm³/mol. The van der Waals surface area contributed by atoms with Crippen molar-refractivity contribution in [3.63, 3.8) is 0 Å². The SMILES string of the molecule is Cc1cccc(CCCNC(=O)/C(=C/c2ccco2)c2ccccc2)c1. The number of carbonyl (C=O) groups is 1. The van der Waals surface area contributed by atoms with Crippen molar-refractivity contribution in [2.24, 2.45) is 0 Å². The Morgan fingerprint density at radius 1 is 1.04 bits per heavy atom. The van der Waals surface area contributed by atoms with Gasteiger partial charge in [-0.1, -0.05) is 60.2 Å². The summed E-state index contributed by atoms with van der Waals surface area (Å²) >= 11 is 0. The third kappa shape index (κ3) is 4.96. The standard InChI is InChI=1S/C23H23NO2/c1-18-8-5-9-19(16-18)10-6-14-24-23(25)22(17-21-13-7-15-26-21)20-11-3-2-4-12-20/h2-5,7-9,11-13,15-17H,6,10,14H2,1H3,(H,24,25)/b22-17+. The van der Waals surface area contributed by atoms with E-state index in [1.165, 1.54) is 11.1 Å². The van der Waals surface area contributed by atoms with Crippen LogP contribution >= 0.6 is 0 Å². The van der Waals surface area contributed by atoms with Crippen LogP contribution in [0.1, 0.15) is 28.9 Å². The van der Waals surface area contributed by atoms with Crippen LogP contribution in [0.15, 0.2) is 77.4 Å². The van der Waals surface area contributed by atoms with E-state index < -0.39 is 0 Å². The van der Waals surface area contributed by atoms with Gasteiger partial charge in [0.15, 0.2) is 0 Å². The number of hydrogen-bond donors (Lipinski definition) is 1. The third-order valence-corrected chi connectivity index (χ3v) is 4.17. The molecule has 0 atom stereocenters. The predicted octanol–water partition coefficient (Wildman–Crippen LogP) is 4.88. The second-order valence-electron chi connectivity index (χ2n) is 6.29. The van der Waals surface area contributed by atoms with Crippen LogP contribution < -0.4 is 5.32 Å². The normalized spacial score (nSPS) is 11.3. The van der Waals surface area contributed by atoms with E-state index in [4.69, 9.17) is 4.42 Å². The zero-order valence-corrected chi connectivity index (χ0v) is 14.9. The molecule has 3 heteroatoms. The molecule has 2 aromatic carbocycles. The van der Waals surface area contributed by atoms with E-state index in [1.54, 1.807) is 12.3 Å². The molecule has 1 N–H and O–H groups in total. The van der Waals surface area contributed by atoms with Crippen molar-refractivity contribution in [2.75, 3.05) is 6.54 Å². The summed E-state index contributed by atoms with van der Waals surface area (Å²) in [5, 5.41) is 3.03. The maximum atomic E-state index is 12.7. The fourth-order valence-electron chi connectivity index (χ4n) is 2.87. The molecule has 0 unspecified atom stereocenters. The largest absolute Gasteiger partial charge is 0.465 e. The maximum Gasteiger partial charge on any atom is 0.252 e. The van der Waals surface area contributed by atoms with E-state index in [2.05, 4.69) is 36.5 Å². The molecule has 0 saturated carbocycles. The lowest BCUT2D eigenvalue weighted by Gasteiger charge is -2.09. The van der Waals surface area contributed by atoms with Gasteiger partial charge in [-0.25, -0.2) is 0 Å². The van der Waals surface area contributed by atoms with E-state index in [1.807, 2.05) is 42.5 Å². The van der Waals surface area contributed by atoms with Crippen molar-refractivity contribution in [3.05, 3.63) is 95.4 Å². The lowest BCUT2D eigenvalue weighted by Crippen LogP contribution is -2.25. The third-order valence-electron chi connectivity index (χ3n) is 4.17. The van der Waals surface area contributed by atoms with Gasteiger partial charge in [-0.2, -0.15) is 0 Å². The number of aryl methyl sites for hydroxylation is 2. The molecule has 0 fully saturated rings. The molecule has 26 heavy (non-hydrogen) atoms. The van der Waals surface area contributed by atoms with Gasteiger partial charge in [0, 0.05) is 6.54 Å². The minimum absolute atomic E-state index is 0.0863. The van der Waals surface area contributed by atoms with Crippen molar-refractivity contribution in [1.29, 1.82) is 0 Å². The highest BCUT2D eigenvalue weighted by Gasteiger charge is 2.12. The Hall–Kier alpha value is -3.07. The minimum atomic E-state index is -0.0863.